The minimum Gasteiger partial charge on any atom is -0.507 e. The number of carbonyl (C=O) groups is 6. The van der Waals surface area contributed by atoms with Gasteiger partial charge in [-0.15, -0.1) is 0 Å². The lowest BCUT2D eigenvalue weighted by atomic mass is 9.49. The third-order valence-electron chi connectivity index (χ3n) is 8.93. The Morgan fingerprint density at radius 1 is 1.12 bits per heavy atom. The summed E-state index contributed by atoms with van der Waals surface area (Å²) >= 11 is 0. The highest BCUT2D eigenvalue weighted by Crippen LogP contribution is 2.53. The topological polar surface area (TPSA) is 190 Å². The van der Waals surface area contributed by atoms with Crippen molar-refractivity contribution < 1.29 is 43.7 Å². The number of fused-ring (bicyclic) bond motifs is 3. The number of aromatic hydroxyl groups is 1. The van der Waals surface area contributed by atoms with Gasteiger partial charge in [0.05, 0.1) is 11.5 Å². The number of phenolic OH excluding ortho intramolecular Hbond substituents is 1. The predicted octanol–water partition coefficient (Wildman–Crippen LogP) is 1.46. The fourth-order valence-corrected chi connectivity index (χ4v) is 7.22. The molecule has 0 saturated heterocycles. The Labute approximate surface area is 241 Å². The molecular formula is C31H32N2O9. The summed E-state index contributed by atoms with van der Waals surface area (Å²) in [5.74, 6) is -12.5. The van der Waals surface area contributed by atoms with Gasteiger partial charge in [0.1, 0.15) is 12.4 Å². The van der Waals surface area contributed by atoms with Crippen LogP contribution < -0.4 is 11.1 Å². The molecule has 11 heteroatoms. The van der Waals surface area contributed by atoms with Crippen LogP contribution in [-0.2, 0) is 35.1 Å². The molecule has 11 nitrogen and oxygen atoms in total. The van der Waals surface area contributed by atoms with Crippen LogP contribution in [0.25, 0.3) is 11.1 Å². The minimum atomic E-state index is -2.74. The molecule has 42 heavy (non-hydrogen) atoms. The van der Waals surface area contributed by atoms with Gasteiger partial charge in [-0.25, -0.2) is 0 Å². The van der Waals surface area contributed by atoms with Crippen molar-refractivity contribution in [2.24, 2.45) is 41.2 Å². The maximum Gasteiger partial charge on any atom is 0.250 e. The second-order valence-corrected chi connectivity index (χ2v) is 11.7. The summed E-state index contributed by atoms with van der Waals surface area (Å²) in [6, 6.07) is 9.86. The number of benzene rings is 2. The maximum atomic E-state index is 14.0. The molecule has 0 spiro atoms. The van der Waals surface area contributed by atoms with Crippen molar-refractivity contribution in [1.29, 1.82) is 0 Å². The normalized spacial score (nSPS) is 28.6. The maximum absolute atomic E-state index is 14.0. The zero-order chi connectivity index (χ0) is 30.7. The highest BCUT2D eigenvalue weighted by atomic mass is 16.5. The van der Waals surface area contributed by atoms with Crippen molar-refractivity contribution >= 4 is 40.6 Å². The number of ether oxygens (including phenoxy) is 1. The number of ketones is 4. The van der Waals surface area contributed by atoms with Crippen LogP contribution in [0.3, 0.4) is 0 Å². The van der Waals surface area contributed by atoms with E-state index in [-0.39, 0.29) is 36.7 Å². The quantitative estimate of drug-likeness (QED) is 0.369. The van der Waals surface area contributed by atoms with Gasteiger partial charge in [0.25, 0.3) is 0 Å². The Morgan fingerprint density at radius 3 is 2.48 bits per heavy atom. The van der Waals surface area contributed by atoms with Crippen LogP contribution in [0.2, 0.25) is 0 Å². The lowest BCUT2D eigenvalue weighted by molar-refractivity contribution is -0.182. The Kier molecular flexibility index (Phi) is 7.36. The van der Waals surface area contributed by atoms with Crippen molar-refractivity contribution in [3.05, 3.63) is 47.5 Å². The number of nitrogens with one attached hydrogen (secondary N) is 1. The van der Waals surface area contributed by atoms with E-state index in [1.54, 1.807) is 44.2 Å². The van der Waals surface area contributed by atoms with Gasteiger partial charge >= 0.3 is 0 Å². The molecule has 2 aromatic rings. The number of carbonyl (C=O) groups excluding carboxylic acids is 6. The van der Waals surface area contributed by atoms with Crippen molar-refractivity contribution in [1.82, 2.24) is 0 Å². The van der Waals surface area contributed by atoms with Gasteiger partial charge in [-0.3, -0.25) is 28.8 Å². The van der Waals surface area contributed by atoms with Crippen molar-refractivity contribution in [3.63, 3.8) is 0 Å². The van der Waals surface area contributed by atoms with Crippen molar-refractivity contribution in [2.45, 2.75) is 32.3 Å². The largest absolute Gasteiger partial charge is 0.507 e. The molecular weight excluding hydrogens is 544 g/mol. The Balaban J connectivity index is 1.60. The number of phenols is 1. The average molecular weight is 577 g/mol. The van der Waals surface area contributed by atoms with Crippen LogP contribution in [0.4, 0.5) is 5.69 Å². The fourth-order valence-electron chi connectivity index (χ4n) is 7.22. The summed E-state index contributed by atoms with van der Waals surface area (Å²) in [4.78, 5) is 78.8. The molecule has 2 amide bonds. The molecule has 3 aliphatic carbocycles. The van der Waals surface area contributed by atoms with Crippen LogP contribution in [0.15, 0.2) is 36.4 Å². The average Bonchev–Trinajstić information content (AvgIpc) is 2.90. The van der Waals surface area contributed by atoms with Crippen molar-refractivity contribution in [2.75, 3.05) is 19.0 Å². The van der Waals surface area contributed by atoms with Crippen LogP contribution >= 0.6 is 0 Å². The van der Waals surface area contributed by atoms with Gasteiger partial charge < -0.3 is 26.0 Å². The first-order valence-corrected chi connectivity index (χ1v) is 13.7. The first-order valence-electron chi connectivity index (χ1n) is 13.7. The molecule has 0 aromatic heterocycles. The third-order valence-corrected chi connectivity index (χ3v) is 8.93. The van der Waals surface area contributed by atoms with E-state index >= 15 is 0 Å². The summed E-state index contributed by atoms with van der Waals surface area (Å²) in [7, 11) is 1.40. The van der Waals surface area contributed by atoms with E-state index in [1.165, 1.54) is 13.2 Å². The molecule has 2 fully saturated rings. The van der Waals surface area contributed by atoms with E-state index in [0.29, 0.717) is 22.4 Å². The summed E-state index contributed by atoms with van der Waals surface area (Å²) in [6.45, 7) is 3.26. The van der Waals surface area contributed by atoms with Crippen LogP contribution in [0.5, 0.6) is 5.75 Å². The van der Waals surface area contributed by atoms with Crippen molar-refractivity contribution in [3.8, 4) is 16.9 Å². The Morgan fingerprint density at radius 2 is 1.83 bits per heavy atom. The van der Waals surface area contributed by atoms with E-state index in [2.05, 4.69) is 5.32 Å². The summed E-state index contributed by atoms with van der Waals surface area (Å²) < 4.78 is 4.86. The number of methoxy groups -OCH3 is 1. The predicted molar refractivity (Wildman–Crippen MR) is 148 cm³/mol. The smallest absolute Gasteiger partial charge is 0.250 e. The molecule has 5 N–H and O–H groups in total. The molecule has 0 heterocycles. The number of Topliss-reactive ketones (excluding diaryl/α,β-unsaturated/α-hetero) is 4. The summed E-state index contributed by atoms with van der Waals surface area (Å²) in [5.41, 5.74) is 4.73. The highest BCUT2D eigenvalue weighted by molar-refractivity contribution is 6.32. The van der Waals surface area contributed by atoms with E-state index < -0.39 is 70.1 Å². The number of nitrogens with two attached hydrogens (primary N) is 1. The number of hydrogen-bond acceptors (Lipinski definition) is 9. The minimum absolute atomic E-state index is 0.00783. The number of anilines is 1. The summed E-state index contributed by atoms with van der Waals surface area (Å²) in [6.07, 6.45) is 0.132. The second kappa shape index (κ2) is 10.6. The molecule has 5 rings (SSSR count). The van der Waals surface area contributed by atoms with Crippen LogP contribution in [0.1, 0.15) is 36.2 Å². The van der Waals surface area contributed by atoms with Gasteiger partial charge in [-0.2, -0.15) is 0 Å². The zero-order valence-electron chi connectivity index (χ0n) is 23.4. The Bertz CT molecular complexity index is 1550. The zero-order valence-corrected chi connectivity index (χ0v) is 23.4. The second-order valence-electron chi connectivity index (χ2n) is 11.7. The first-order chi connectivity index (χ1) is 19.8. The molecule has 2 unspecified atom stereocenters. The van der Waals surface area contributed by atoms with E-state index in [1.807, 2.05) is 0 Å². The molecule has 3 aliphatic rings. The van der Waals surface area contributed by atoms with Gasteiger partial charge in [-0.1, -0.05) is 32.0 Å². The molecule has 6 atom stereocenters. The molecule has 220 valence electrons. The molecule has 0 radical (unpaired) electrons. The van der Waals surface area contributed by atoms with E-state index in [0.717, 1.165) is 0 Å². The molecule has 0 aliphatic heterocycles. The number of amides is 2. The Hall–Kier alpha value is -4.22. The van der Waals surface area contributed by atoms with Gasteiger partial charge in [-0.05, 0) is 59.6 Å². The SMILES string of the molecule is COCC(=O)Nc1cccc(-c2ccc(O)c3c2C[C@H]2C[C@H]4[C@H](C(C)C)C(=O)C(C(N)=O)C(=O)[C@@]4(O)C(=O)C2C3=O)c1. The molecule has 0 bridgehead atoms. The summed E-state index contributed by atoms with van der Waals surface area (Å²) in [5, 5.41) is 25.2. The highest BCUT2D eigenvalue weighted by Gasteiger charge is 2.69. The van der Waals surface area contributed by atoms with Crippen LogP contribution in [0, 0.1) is 35.5 Å². The third kappa shape index (κ3) is 4.35. The lowest BCUT2D eigenvalue weighted by Gasteiger charge is -2.52. The van der Waals surface area contributed by atoms with Gasteiger partial charge in [0.15, 0.2) is 34.7 Å². The van der Waals surface area contributed by atoms with Crippen LogP contribution in [-0.4, -0.2) is 64.5 Å². The van der Waals surface area contributed by atoms with E-state index in [9.17, 15) is 39.0 Å². The lowest BCUT2D eigenvalue weighted by Crippen LogP contribution is -2.71. The monoisotopic (exact) mass is 576 g/mol. The number of hydrogen-bond donors (Lipinski definition) is 4. The first kappa shape index (κ1) is 29.3. The fraction of sp³-hybridized carbons (Fsp3) is 0.419. The van der Waals surface area contributed by atoms with Gasteiger partial charge in [0.2, 0.25) is 11.8 Å². The standard InChI is InChI=1S/C31H32N2O9/c1-13(2)22-19-11-15-10-18-17(14-5-4-6-16(9-14)33-21(35)12-42-3)7-8-20(34)24(18)27(37)23(15)28(38)31(19,41)29(39)25(26(22)36)30(32)40/h4-9,13,15,19,22-23,25,34,41H,10-12H2,1-3H3,(H2,32,40)(H,33,35)/t15-,19-,22-,23?,25?,31-/m0/s1. The van der Waals surface area contributed by atoms with E-state index in [4.69, 9.17) is 10.5 Å². The number of aliphatic hydroxyl groups is 1. The van der Waals surface area contributed by atoms with Gasteiger partial charge in [0, 0.05) is 24.6 Å². The molecule has 2 aromatic carbocycles. The number of primary amides is 1. The molecule has 2 saturated carbocycles. The number of rotatable bonds is 6.